The standard InChI is InChI=1S/C18H27ClN2O2S/c19-16-3-1-15(24-16)2-4-17(22)21-11-7-14(8-12-21)18(23)13-5-9-20-10-6-13/h1,3,13-14,18,20,23H,2,4-12H2. The third-order valence-corrected chi connectivity index (χ3v) is 6.75. The summed E-state index contributed by atoms with van der Waals surface area (Å²) < 4.78 is 0.783. The molecule has 1 unspecified atom stereocenters. The first-order valence-corrected chi connectivity index (χ1v) is 10.2. The Bertz CT molecular complexity index is 537. The molecule has 0 bridgehead atoms. The van der Waals surface area contributed by atoms with Gasteiger partial charge in [0, 0.05) is 24.4 Å². The Balaban J connectivity index is 1.41. The molecule has 0 aliphatic carbocycles. The molecule has 24 heavy (non-hydrogen) atoms. The van der Waals surface area contributed by atoms with Crippen LogP contribution in [-0.4, -0.2) is 48.2 Å². The fourth-order valence-corrected chi connectivity index (χ4v) is 5.02. The van der Waals surface area contributed by atoms with Crippen molar-refractivity contribution in [3.05, 3.63) is 21.3 Å². The van der Waals surface area contributed by atoms with E-state index in [0.717, 1.165) is 62.6 Å². The van der Waals surface area contributed by atoms with Gasteiger partial charge in [-0.2, -0.15) is 0 Å². The zero-order valence-corrected chi connectivity index (χ0v) is 15.6. The molecular weight excluding hydrogens is 344 g/mol. The van der Waals surface area contributed by atoms with Crippen molar-refractivity contribution in [3.8, 4) is 0 Å². The van der Waals surface area contributed by atoms with E-state index in [0.29, 0.717) is 18.3 Å². The monoisotopic (exact) mass is 370 g/mol. The van der Waals surface area contributed by atoms with Gasteiger partial charge in [-0.3, -0.25) is 4.79 Å². The molecule has 1 aromatic rings. The second-order valence-corrected chi connectivity index (χ2v) is 8.80. The Morgan fingerprint density at radius 3 is 2.54 bits per heavy atom. The summed E-state index contributed by atoms with van der Waals surface area (Å²) in [5, 5.41) is 14.0. The minimum atomic E-state index is -0.197. The van der Waals surface area contributed by atoms with E-state index in [1.807, 2.05) is 17.0 Å². The Morgan fingerprint density at radius 1 is 1.25 bits per heavy atom. The van der Waals surface area contributed by atoms with Gasteiger partial charge >= 0.3 is 0 Å². The van der Waals surface area contributed by atoms with E-state index < -0.39 is 0 Å². The number of nitrogens with zero attached hydrogens (tertiary/aromatic N) is 1. The smallest absolute Gasteiger partial charge is 0.222 e. The maximum absolute atomic E-state index is 12.4. The molecule has 2 aliphatic heterocycles. The van der Waals surface area contributed by atoms with E-state index in [-0.39, 0.29) is 12.0 Å². The van der Waals surface area contributed by atoms with Crippen molar-refractivity contribution < 1.29 is 9.90 Å². The number of amides is 1. The minimum Gasteiger partial charge on any atom is -0.393 e. The summed E-state index contributed by atoms with van der Waals surface area (Å²) in [6, 6.07) is 3.89. The van der Waals surface area contributed by atoms with Crippen LogP contribution in [0.4, 0.5) is 0 Å². The van der Waals surface area contributed by atoms with Gasteiger partial charge in [0.25, 0.3) is 0 Å². The van der Waals surface area contributed by atoms with Crippen LogP contribution in [0.2, 0.25) is 4.34 Å². The van der Waals surface area contributed by atoms with Crippen LogP contribution in [0, 0.1) is 11.8 Å². The lowest BCUT2D eigenvalue weighted by Crippen LogP contribution is -2.44. The molecule has 3 rings (SSSR count). The average molecular weight is 371 g/mol. The van der Waals surface area contributed by atoms with Gasteiger partial charge in [0.05, 0.1) is 10.4 Å². The van der Waals surface area contributed by atoms with Gasteiger partial charge in [0.1, 0.15) is 0 Å². The molecule has 134 valence electrons. The number of thiophene rings is 1. The van der Waals surface area contributed by atoms with Crippen molar-refractivity contribution in [1.29, 1.82) is 0 Å². The zero-order valence-electron chi connectivity index (χ0n) is 14.0. The SMILES string of the molecule is O=C(CCc1ccc(Cl)s1)N1CCC(C(O)C2CCNCC2)CC1. The van der Waals surface area contributed by atoms with Crippen LogP contribution in [-0.2, 0) is 11.2 Å². The summed E-state index contributed by atoms with van der Waals surface area (Å²) in [6.07, 6.45) is 5.14. The number of carbonyl (C=O) groups excluding carboxylic acids is 1. The molecular formula is C18H27ClN2O2S. The highest BCUT2D eigenvalue weighted by molar-refractivity contribution is 7.16. The number of aliphatic hydroxyl groups excluding tert-OH is 1. The minimum absolute atomic E-state index is 0.197. The van der Waals surface area contributed by atoms with Crippen LogP contribution in [0.15, 0.2) is 12.1 Å². The number of hydrogen-bond acceptors (Lipinski definition) is 4. The quantitative estimate of drug-likeness (QED) is 0.837. The summed E-state index contributed by atoms with van der Waals surface area (Å²) in [7, 11) is 0. The molecule has 2 fully saturated rings. The maximum atomic E-state index is 12.4. The Hall–Kier alpha value is -0.620. The average Bonchev–Trinajstić information content (AvgIpc) is 3.05. The molecule has 1 aromatic heterocycles. The third-order valence-electron chi connectivity index (χ3n) is 5.46. The Morgan fingerprint density at radius 2 is 1.92 bits per heavy atom. The normalized spacial score (nSPS) is 21.8. The highest BCUT2D eigenvalue weighted by atomic mass is 35.5. The molecule has 0 saturated carbocycles. The summed E-state index contributed by atoms with van der Waals surface area (Å²) in [4.78, 5) is 15.5. The first-order valence-electron chi connectivity index (χ1n) is 9.04. The van der Waals surface area contributed by atoms with Gasteiger partial charge in [-0.25, -0.2) is 0 Å². The van der Waals surface area contributed by atoms with Gasteiger partial charge in [-0.05, 0) is 69.2 Å². The summed E-state index contributed by atoms with van der Waals surface area (Å²) in [5.41, 5.74) is 0. The van der Waals surface area contributed by atoms with E-state index in [4.69, 9.17) is 11.6 Å². The van der Waals surface area contributed by atoms with Crippen molar-refractivity contribution >= 4 is 28.8 Å². The fourth-order valence-electron chi connectivity index (χ4n) is 3.94. The van der Waals surface area contributed by atoms with Crippen molar-refractivity contribution in [2.24, 2.45) is 11.8 Å². The topological polar surface area (TPSA) is 52.6 Å². The number of carbonyl (C=O) groups is 1. The fraction of sp³-hybridized carbons (Fsp3) is 0.722. The van der Waals surface area contributed by atoms with Gasteiger partial charge in [0.15, 0.2) is 0 Å². The summed E-state index contributed by atoms with van der Waals surface area (Å²) in [6.45, 7) is 3.62. The van der Waals surface area contributed by atoms with E-state index in [9.17, 15) is 9.90 Å². The van der Waals surface area contributed by atoms with Gasteiger partial charge in [0.2, 0.25) is 5.91 Å². The molecule has 2 saturated heterocycles. The summed E-state index contributed by atoms with van der Waals surface area (Å²) in [5.74, 6) is 1.02. The number of rotatable bonds is 5. The lowest BCUT2D eigenvalue weighted by atomic mass is 9.80. The number of likely N-dealkylation sites (tertiary alicyclic amines) is 1. The van der Waals surface area contributed by atoms with Crippen LogP contribution < -0.4 is 5.32 Å². The first-order chi connectivity index (χ1) is 11.6. The van der Waals surface area contributed by atoms with Crippen LogP contribution in [0.25, 0.3) is 0 Å². The number of aliphatic hydroxyl groups is 1. The summed E-state index contributed by atoms with van der Waals surface area (Å²) >= 11 is 7.48. The lowest BCUT2D eigenvalue weighted by Gasteiger charge is -2.38. The molecule has 0 radical (unpaired) electrons. The molecule has 0 aromatic carbocycles. The highest BCUT2D eigenvalue weighted by Gasteiger charge is 2.32. The molecule has 4 nitrogen and oxygen atoms in total. The van der Waals surface area contributed by atoms with Crippen LogP contribution in [0.1, 0.15) is 37.0 Å². The molecule has 3 heterocycles. The Labute approximate surface area is 153 Å². The number of hydrogen-bond donors (Lipinski definition) is 2. The van der Waals surface area contributed by atoms with E-state index in [1.54, 1.807) is 11.3 Å². The van der Waals surface area contributed by atoms with Crippen LogP contribution in [0.5, 0.6) is 0 Å². The molecule has 1 amide bonds. The highest BCUT2D eigenvalue weighted by Crippen LogP contribution is 2.29. The second-order valence-electron chi connectivity index (χ2n) is 7.00. The van der Waals surface area contributed by atoms with Crippen molar-refractivity contribution in [3.63, 3.8) is 0 Å². The van der Waals surface area contributed by atoms with Gasteiger partial charge in [-0.15, -0.1) is 11.3 Å². The first kappa shape index (κ1) is 18.2. The molecule has 2 N–H and O–H groups in total. The molecule has 6 heteroatoms. The van der Waals surface area contributed by atoms with Crippen LogP contribution >= 0.6 is 22.9 Å². The number of piperidine rings is 2. The van der Waals surface area contributed by atoms with Gasteiger partial charge in [-0.1, -0.05) is 11.6 Å². The number of nitrogens with one attached hydrogen (secondary N) is 1. The molecule has 0 spiro atoms. The number of halogens is 1. The largest absolute Gasteiger partial charge is 0.393 e. The van der Waals surface area contributed by atoms with E-state index in [2.05, 4.69) is 5.32 Å². The third kappa shape index (κ3) is 4.72. The zero-order chi connectivity index (χ0) is 16.9. The predicted octanol–water partition coefficient (Wildman–Crippen LogP) is 2.93. The van der Waals surface area contributed by atoms with Crippen molar-refractivity contribution in [2.45, 2.75) is 44.6 Å². The van der Waals surface area contributed by atoms with E-state index in [1.165, 1.54) is 4.88 Å². The van der Waals surface area contributed by atoms with Gasteiger partial charge < -0.3 is 15.3 Å². The van der Waals surface area contributed by atoms with Crippen molar-refractivity contribution in [2.75, 3.05) is 26.2 Å². The molecule has 1 atom stereocenters. The second kappa shape index (κ2) is 8.65. The lowest BCUT2D eigenvalue weighted by molar-refractivity contribution is -0.133. The Kier molecular flexibility index (Phi) is 6.56. The van der Waals surface area contributed by atoms with E-state index >= 15 is 0 Å². The number of aryl methyl sites for hydroxylation is 1. The van der Waals surface area contributed by atoms with Crippen LogP contribution in [0.3, 0.4) is 0 Å². The van der Waals surface area contributed by atoms with Crippen molar-refractivity contribution in [1.82, 2.24) is 10.2 Å². The molecule has 2 aliphatic rings. The predicted molar refractivity (Wildman–Crippen MR) is 98.6 cm³/mol. The maximum Gasteiger partial charge on any atom is 0.222 e.